The van der Waals surface area contributed by atoms with Crippen molar-refractivity contribution in [3.05, 3.63) is 22.7 Å². The van der Waals surface area contributed by atoms with Gasteiger partial charge in [0.15, 0.2) is 0 Å². The zero-order valence-electron chi connectivity index (χ0n) is 5.38. The summed E-state index contributed by atoms with van der Waals surface area (Å²) < 4.78 is 0.809. The molecule has 1 aromatic heterocycles. The average Bonchev–Trinajstić information content (AvgIpc) is 2.32. The Labute approximate surface area is 76.7 Å². The third-order valence-electron chi connectivity index (χ3n) is 1.43. The van der Waals surface area contributed by atoms with Crippen molar-refractivity contribution < 1.29 is 0 Å². The van der Waals surface area contributed by atoms with Gasteiger partial charge in [-0.05, 0) is 27.5 Å². The van der Waals surface area contributed by atoms with Gasteiger partial charge in [0.2, 0.25) is 5.28 Å². The van der Waals surface area contributed by atoms with E-state index in [1.54, 1.807) is 6.20 Å². The van der Waals surface area contributed by atoms with Gasteiger partial charge in [-0.3, -0.25) is 4.99 Å². The molecule has 0 aromatic carbocycles. The minimum absolute atomic E-state index is 0.279. The van der Waals surface area contributed by atoms with E-state index >= 15 is 0 Å². The van der Waals surface area contributed by atoms with Crippen molar-refractivity contribution in [1.29, 1.82) is 0 Å². The van der Waals surface area contributed by atoms with E-state index in [1.807, 2.05) is 0 Å². The third-order valence-corrected chi connectivity index (χ3v) is 2.29. The lowest BCUT2D eigenvalue weighted by Crippen LogP contribution is -1.94. The van der Waals surface area contributed by atoms with Crippen LogP contribution in [0.3, 0.4) is 0 Å². The lowest BCUT2D eigenvalue weighted by atomic mass is 10.3. The molecule has 0 spiro atoms. The fraction of sp³-hybridized carbons (Fsp3) is 0.167. The summed E-state index contributed by atoms with van der Waals surface area (Å²) in [5, 5.41) is 0.279. The van der Waals surface area contributed by atoms with Crippen LogP contribution in [0.4, 0.5) is 0 Å². The number of nitrogens with zero attached hydrogens (tertiary/aromatic N) is 3. The molecule has 0 saturated heterocycles. The Morgan fingerprint density at radius 3 is 3.18 bits per heavy atom. The van der Waals surface area contributed by atoms with E-state index in [0.29, 0.717) is 6.54 Å². The van der Waals surface area contributed by atoms with E-state index in [1.165, 1.54) is 0 Å². The van der Waals surface area contributed by atoms with Gasteiger partial charge in [0.1, 0.15) is 4.62 Å². The van der Waals surface area contributed by atoms with Gasteiger partial charge in [0, 0.05) is 11.8 Å². The van der Waals surface area contributed by atoms with Crippen LogP contribution in [0.1, 0.15) is 11.3 Å². The van der Waals surface area contributed by atoms with Crippen LogP contribution in [0.2, 0.25) is 5.28 Å². The van der Waals surface area contributed by atoms with Crippen molar-refractivity contribution in [1.82, 2.24) is 9.97 Å². The first kappa shape index (κ1) is 7.18. The Balaban J connectivity index is 2.58. The molecule has 0 saturated carbocycles. The first-order valence-electron chi connectivity index (χ1n) is 2.99. The van der Waals surface area contributed by atoms with Crippen LogP contribution in [-0.4, -0.2) is 14.6 Å². The van der Waals surface area contributed by atoms with Gasteiger partial charge in [-0.2, -0.15) is 0 Å². The van der Waals surface area contributed by atoms with E-state index in [9.17, 15) is 0 Å². The Morgan fingerprint density at radius 2 is 2.36 bits per heavy atom. The molecule has 3 nitrogen and oxygen atoms in total. The highest BCUT2D eigenvalue weighted by Crippen LogP contribution is 2.19. The minimum atomic E-state index is 0.279. The zero-order chi connectivity index (χ0) is 7.84. The lowest BCUT2D eigenvalue weighted by Gasteiger charge is -1.95. The third kappa shape index (κ3) is 1.16. The fourth-order valence-corrected chi connectivity index (χ4v) is 1.52. The molecule has 0 atom stereocenters. The summed E-state index contributed by atoms with van der Waals surface area (Å²) in [5.41, 5.74) is 1.83. The predicted octanol–water partition coefficient (Wildman–Crippen LogP) is 1.79. The molecular formula is C6H3BrClN3. The van der Waals surface area contributed by atoms with Crippen LogP contribution in [0.5, 0.6) is 0 Å². The van der Waals surface area contributed by atoms with Gasteiger partial charge in [-0.1, -0.05) is 0 Å². The van der Waals surface area contributed by atoms with E-state index < -0.39 is 0 Å². The summed E-state index contributed by atoms with van der Waals surface area (Å²) >= 11 is 8.87. The maximum Gasteiger partial charge on any atom is 0.222 e. The van der Waals surface area contributed by atoms with E-state index in [-0.39, 0.29) is 5.28 Å². The van der Waals surface area contributed by atoms with Crippen LogP contribution in [0, 0.1) is 0 Å². The lowest BCUT2D eigenvalue weighted by molar-refractivity contribution is 0.994. The van der Waals surface area contributed by atoms with Gasteiger partial charge in [0.25, 0.3) is 0 Å². The summed E-state index contributed by atoms with van der Waals surface area (Å²) in [6.07, 6.45) is 1.67. The molecule has 0 unspecified atom stereocenters. The Hall–Kier alpha value is -0.480. The number of aromatic nitrogens is 2. The van der Waals surface area contributed by atoms with Crippen molar-refractivity contribution >= 4 is 32.2 Å². The summed E-state index contributed by atoms with van der Waals surface area (Å²) in [4.78, 5) is 12.0. The van der Waals surface area contributed by atoms with Crippen molar-refractivity contribution in [2.45, 2.75) is 6.54 Å². The first-order chi connectivity index (χ1) is 5.27. The summed E-state index contributed by atoms with van der Waals surface area (Å²) in [5.74, 6) is 0. The topological polar surface area (TPSA) is 38.1 Å². The summed E-state index contributed by atoms with van der Waals surface area (Å²) in [7, 11) is 0. The predicted molar refractivity (Wildman–Crippen MR) is 46.2 cm³/mol. The molecule has 2 rings (SSSR count). The number of hydrogen-bond acceptors (Lipinski definition) is 3. The van der Waals surface area contributed by atoms with Crippen LogP contribution >= 0.6 is 27.5 Å². The van der Waals surface area contributed by atoms with Crippen molar-refractivity contribution in [3.63, 3.8) is 0 Å². The monoisotopic (exact) mass is 231 g/mol. The second kappa shape index (κ2) is 2.53. The van der Waals surface area contributed by atoms with Gasteiger partial charge in [-0.15, -0.1) is 0 Å². The SMILES string of the molecule is Clc1ncc2c(n1)CN=C2Br. The van der Waals surface area contributed by atoms with Crippen molar-refractivity contribution in [2.24, 2.45) is 4.99 Å². The summed E-state index contributed by atoms with van der Waals surface area (Å²) in [6, 6.07) is 0. The second-order valence-electron chi connectivity index (χ2n) is 2.11. The molecule has 0 bridgehead atoms. The smallest absolute Gasteiger partial charge is 0.222 e. The normalized spacial score (nSPS) is 14.5. The van der Waals surface area contributed by atoms with Crippen molar-refractivity contribution in [3.8, 4) is 0 Å². The number of fused-ring (bicyclic) bond motifs is 1. The van der Waals surface area contributed by atoms with Crippen LogP contribution < -0.4 is 0 Å². The van der Waals surface area contributed by atoms with Crippen molar-refractivity contribution in [2.75, 3.05) is 0 Å². The highest BCUT2D eigenvalue weighted by molar-refractivity contribution is 9.18. The van der Waals surface area contributed by atoms with Crippen LogP contribution in [0.25, 0.3) is 0 Å². The molecule has 1 aromatic rings. The molecule has 0 fully saturated rings. The molecule has 2 heterocycles. The standard InChI is InChI=1S/C6H3BrClN3/c7-5-3-1-10-6(8)11-4(3)2-9-5/h1H,2H2. The van der Waals surface area contributed by atoms with Gasteiger partial charge in [-0.25, -0.2) is 9.97 Å². The maximum atomic E-state index is 5.58. The van der Waals surface area contributed by atoms with E-state index in [0.717, 1.165) is 15.9 Å². The Bertz CT molecular complexity index is 337. The Morgan fingerprint density at radius 1 is 1.55 bits per heavy atom. The second-order valence-corrected chi connectivity index (χ2v) is 3.20. The van der Waals surface area contributed by atoms with E-state index in [4.69, 9.17) is 11.6 Å². The van der Waals surface area contributed by atoms with Crippen LogP contribution in [-0.2, 0) is 6.54 Å². The molecule has 0 radical (unpaired) electrons. The quantitative estimate of drug-likeness (QED) is 0.640. The average molecular weight is 232 g/mol. The summed E-state index contributed by atoms with van der Waals surface area (Å²) in [6.45, 7) is 0.595. The van der Waals surface area contributed by atoms with Gasteiger partial charge < -0.3 is 0 Å². The van der Waals surface area contributed by atoms with Crippen LogP contribution in [0.15, 0.2) is 11.2 Å². The minimum Gasteiger partial charge on any atom is -0.271 e. The highest BCUT2D eigenvalue weighted by Gasteiger charge is 2.15. The number of aliphatic imine (C=N–C) groups is 1. The molecular weight excluding hydrogens is 229 g/mol. The fourth-order valence-electron chi connectivity index (χ4n) is 0.915. The molecule has 56 valence electrons. The molecule has 11 heavy (non-hydrogen) atoms. The van der Waals surface area contributed by atoms with Gasteiger partial charge >= 0.3 is 0 Å². The van der Waals surface area contributed by atoms with Gasteiger partial charge in [0.05, 0.1) is 12.2 Å². The van der Waals surface area contributed by atoms with E-state index in [2.05, 4.69) is 30.9 Å². The molecule has 1 aliphatic heterocycles. The number of rotatable bonds is 0. The highest BCUT2D eigenvalue weighted by atomic mass is 79.9. The largest absolute Gasteiger partial charge is 0.271 e. The number of halogens is 2. The Kier molecular flexibility index (Phi) is 1.65. The molecule has 1 aliphatic rings. The molecule has 0 amide bonds. The molecule has 0 N–H and O–H groups in total. The zero-order valence-corrected chi connectivity index (χ0v) is 7.72. The maximum absolute atomic E-state index is 5.58. The number of hydrogen-bond donors (Lipinski definition) is 0. The molecule has 0 aliphatic carbocycles. The first-order valence-corrected chi connectivity index (χ1v) is 4.16. The molecule has 5 heteroatoms.